The highest BCUT2D eigenvalue weighted by Crippen LogP contribution is 2.21. The Morgan fingerprint density at radius 2 is 2.21 bits per heavy atom. The molecule has 1 atom stereocenters. The highest BCUT2D eigenvalue weighted by Gasteiger charge is 2.24. The molecule has 0 radical (unpaired) electrons. The summed E-state index contributed by atoms with van der Waals surface area (Å²) in [6.45, 7) is 5.41. The molecule has 1 aliphatic heterocycles. The van der Waals surface area contributed by atoms with Crippen LogP contribution in [0.3, 0.4) is 0 Å². The van der Waals surface area contributed by atoms with E-state index < -0.39 is 0 Å². The van der Waals surface area contributed by atoms with Gasteiger partial charge in [0.1, 0.15) is 5.75 Å². The smallest absolute Gasteiger partial charge is 0.227 e. The number of rotatable bonds is 4. The molecule has 1 aliphatic rings. The minimum atomic E-state index is 0.108. The zero-order chi connectivity index (χ0) is 13.8. The van der Waals surface area contributed by atoms with Crippen molar-refractivity contribution in [2.45, 2.75) is 38.8 Å². The van der Waals surface area contributed by atoms with Crippen LogP contribution in [0.25, 0.3) is 0 Å². The number of hydrogen-bond donors (Lipinski definition) is 1. The highest BCUT2D eigenvalue weighted by atomic mass is 16.5. The molecule has 1 saturated heterocycles. The van der Waals surface area contributed by atoms with Crippen LogP contribution in [0.15, 0.2) is 24.3 Å². The fourth-order valence-electron chi connectivity index (χ4n) is 2.31. The van der Waals surface area contributed by atoms with Crippen molar-refractivity contribution >= 4 is 5.91 Å². The van der Waals surface area contributed by atoms with Crippen molar-refractivity contribution in [2.24, 2.45) is 5.73 Å². The number of likely N-dealkylation sites (tertiary alicyclic amines) is 1. The Bertz CT molecular complexity index is 446. The Hall–Kier alpha value is -1.55. The number of para-hydroxylation sites is 1. The molecule has 0 spiro atoms. The molecule has 0 aromatic heterocycles. The van der Waals surface area contributed by atoms with Gasteiger partial charge in [0, 0.05) is 24.7 Å². The second kappa shape index (κ2) is 6.06. The Morgan fingerprint density at radius 1 is 1.47 bits per heavy atom. The number of nitrogens with zero attached hydrogens (tertiary/aromatic N) is 1. The average molecular weight is 262 g/mol. The molecule has 4 heteroatoms. The quantitative estimate of drug-likeness (QED) is 0.896. The SMILES string of the molecule is CC(C)Oc1ccccc1CC(=O)N1CCC(N)C1. The molecule has 2 rings (SSSR count). The van der Waals surface area contributed by atoms with Gasteiger partial charge in [0.2, 0.25) is 5.91 Å². The molecule has 1 fully saturated rings. The van der Waals surface area contributed by atoms with Crippen LogP contribution in [0.2, 0.25) is 0 Å². The third-order valence-electron chi connectivity index (χ3n) is 3.25. The second-order valence-electron chi connectivity index (χ2n) is 5.34. The first kappa shape index (κ1) is 13.9. The van der Waals surface area contributed by atoms with E-state index in [4.69, 9.17) is 10.5 Å². The lowest BCUT2D eigenvalue weighted by molar-refractivity contribution is -0.129. The topological polar surface area (TPSA) is 55.6 Å². The maximum absolute atomic E-state index is 12.2. The van der Waals surface area contributed by atoms with Crippen LogP contribution in [0.1, 0.15) is 25.8 Å². The third kappa shape index (κ3) is 3.70. The summed E-state index contributed by atoms with van der Waals surface area (Å²) in [6, 6.07) is 7.86. The van der Waals surface area contributed by atoms with Gasteiger partial charge in [0.25, 0.3) is 0 Å². The van der Waals surface area contributed by atoms with Crippen LogP contribution in [0.5, 0.6) is 5.75 Å². The Kier molecular flexibility index (Phi) is 4.43. The number of benzene rings is 1. The largest absolute Gasteiger partial charge is 0.491 e. The van der Waals surface area contributed by atoms with Gasteiger partial charge in [-0.2, -0.15) is 0 Å². The van der Waals surface area contributed by atoms with Gasteiger partial charge in [-0.1, -0.05) is 18.2 Å². The normalized spacial score (nSPS) is 18.9. The minimum Gasteiger partial charge on any atom is -0.491 e. The first-order valence-corrected chi connectivity index (χ1v) is 6.84. The summed E-state index contributed by atoms with van der Waals surface area (Å²) in [6.07, 6.45) is 1.39. The zero-order valence-electron chi connectivity index (χ0n) is 11.6. The first-order chi connectivity index (χ1) is 9.06. The van der Waals surface area contributed by atoms with E-state index in [-0.39, 0.29) is 18.1 Å². The van der Waals surface area contributed by atoms with Crippen molar-refractivity contribution in [2.75, 3.05) is 13.1 Å². The van der Waals surface area contributed by atoms with Gasteiger partial charge < -0.3 is 15.4 Å². The van der Waals surface area contributed by atoms with Crippen molar-refractivity contribution in [1.82, 2.24) is 4.90 Å². The summed E-state index contributed by atoms with van der Waals surface area (Å²) < 4.78 is 5.73. The summed E-state index contributed by atoms with van der Waals surface area (Å²) >= 11 is 0. The van der Waals surface area contributed by atoms with Crippen molar-refractivity contribution in [1.29, 1.82) is 0 Å². The fourth-order valence-corrected chi connectivity index (χ4v) is 2.31. The Balaban J connectivity index is 2.04. The molecule has 1 heterocycles. The van der Waals surface area contributed by atoms with Crippen LogP contribution < -0.4 is 10.5 Å². The summed E-state index contributed by atoms with van der Waals surface area (Å²) in [5.41, 5.74) is 6.78. The van der Waals surface area contributed by atoms with E-state index >= 15 is 0 Å². The van der Waals surface area contributed by atoms with Gasteiger partial charge in [0.05, 0.1) is 12.5 Å². The predicted molar refractivity (Wildman–Crippen MR) is 75.1 cm³/mol. The molecule has 2 N–H and O–H groups in total. The van der Waals surface area contributed by atoms with E-state index in [0.717, 1.165) is 24.3 Å². The molecule has 1 unspecified atom stereocenters. The molecule has 0 saturated carbocycles. The van der Waals surface area contributed by atoms with Crippen molar-refractivity contribution in [3.8, 4) is 5.75 Å². The lowest BCUT2D eigenvalue weighted by atomic mass is 10.1. The molecule has 0 aliphatic carbocycles. The summed E-state index contributed by atoms with van der Waals surface area (Å²) in [5, 5.41) is 0. The van der Waals surface area contributed by atoms with E-state index in [9.17, 15) is 4.79 Å². The molecule has 4 nitrogen and oxygen atoms in total. The summed E-state index contributed by atoms with van der Waals surface area (Å²) in [5.74, 6) is 0.933. The van der Waals surface area contributed by atoms with Gasteiger partial charge in [0.15, 0.2) is 0 Å². The Labute approximate surface area is 114 Å². The van der Waals surface area contributed by atoms with E-state index in [1.54, 1.807) is 0 Å². The fraction of sp³-hybridized carbons (Fsp3) is 0.533. The molecule has 104 valence electrons. The van der Waals surface area contributed by atoms with E-state index in [1.165, 1.54) is 0 Å². The molecule has 19 heavy (non-hydrogen) atoms. The maximum Gasteiger partial charge on any atom is 0.227 e. The van der Waals surface area contributed by atoms with Gasteiger partial charge in [-0.05, 0) is 26.3 Å². The molecule has 1 aromatic carbocycles. The number of carbonyl (C=O) groups excluding carboxylic acids is 1. The lowest BCUT2D eigenvalue weighted by Gasteiger charge is -2.18. The monoisotopic (exact) mass is 262 g/mol. The number of carbonyl (C=O) groups is 1. The third-order valence-corrected chi connectivity index (χ3v) is 3.25. The van der Waals surface area contributed by atoms with Gasteiger partial charge in [-0.3, -0.25) is 4.79 Å². The first-order valence-electron chi connectivity index (χ1n) is 6.84. The summed E-state index contributed by atoms with van der Waals surface area (Å²) in [7, 11) is 0. The van der Waals surface area contributed by atoms with Crippen molar-refractivity contribution in [3.63, 3.8) is 0 Å². The summed E-state index contributed by atoms with van der Waals surface area (Å²) in [4.78, 5) is 14.1. The maximum atomic E-state index is 12.2. The van der Waals surface area contributed by atoms with E-state index in [0.29, 0.717) is 13.0 Å². The molecular formula is C15H22N2O2. The number of hydrogen-bond acceptors (Lipinski definition) is 3. The minimum absolute atomic E-state index is 0.108. The zero-order valence-corrected chi connectivity index (χ0v) is 11.6. The van der Waals surface area contributed by atoms with Gasteiger partial charge >= 0.3 is 0 Å². The molecular weight excluding hydrogens is 240 g/mol. The van der Waals surface area contributed by atoms with Gasteiger partial charge in [-0.15, -0.1) is 0 Å². The number of amides is 1. The molecule has 0 bridgehead atoms. The molecule has 1 aromatic rings. The van der Waals surface area contributed by atoms with E-state index in [1.807, 2.05) is 43.0 Å². The average Bonchev–Trinajstić information content (AvgIpc) is 2.78. The Morgan fingerprint density at radius 3 is 2.84 bits per heavy atom. The van der Waals surface area contributed by atoms with Crippen LogP contribution in [0.4, 0.5) is 0 Å². The van der Waals surface area contributed by atoms with Gasteiger partial charge in [-0.25, -0.2) is 0 Å². The highest BCUT2D eigenvalue weighted by molar-refractivity contribution is 5.79. The second-order valence-corrected chi connectivity index (χ2v) is 5.34. The van der Waals surface area contributed by atoms with Crippen LogP contribution in [-0.2, 0) is 11.2 Å². The lowest BCUT2D eigenvalue weighted by Crippen LogP contribution is -2.33. The van der Waals surface area contributed by atoms with Crippen molar-refractivity contribution in [3.05, 3.63) is 29.8 Å². The standard InChI is InChI=1S/C15H22N2O2/c1-11(2)19-14-6-4-3-5-12(14)9-15(18)17-8-7-13(16)10-17/h3-6,11,13H,7-10,16H2,1-2H3. The van der Waals surface area contributed by atoms with Crippen LogP contribution >= 0.6 is 0 Å². The van der Waals surface area contributed by atoms with Crippen LogP contribution in [-0.4, -0.2) is 36.0 Å². The van der Waals surface area contributed by atoms with E-state index in [2.05, 4.69) is 0 Å². The predicted octanol–water partition coefficient (Wildman–Crippen LogP) is 1.58. The van der Waals surface area contributed by atoms with Crippen molar-refractivity contribution < 1.29 is 9.53 Å². The van der Waals surface area contributed by atoms with Crippen LogP contribution in [0, 0.1) is 0 Å². The number of ether oxygens (including phenoxy) is 1. The number of nitrogens with two attached hydrogens (primary N) is 1. The molecule has 1 amide bonds.